The Kier molecular flexibility index (Phi) is 6.36. The van der Waals surface area contributed by atoms with Crippen molar-refractivity contribution >= 4 is 34.0 Å². The Morgan fingerprint density at radius 2 is 2.12 bits per heavy atom. The maximum atomic E-state index is 10.8. The number of hydrogen-bond donors (Lipinski definition) is 1. The highest BCUT2D eigenvalue weighted by Crippen LogP contribution is 2.20. The SMILES string of the molecule is CS(=O)CCCNCc1ccc(Cl)cc1Cl. The Morgan fingerprint density at radius 1 is 1.38 bits per heavy atom. The molecule has 90 valence electrons. The monoisotopic (exact) mass is 279 g/mol. The molecule has 5 heteroatoms. The molecule has 0 aliphatic carbocycles. The molecule has 0 fully saturated rings. The number of hydrogen-bond acceptors (Lipinski definition) is 2. The van der Waals surface area contributed by atoms with Crippen molar-refractivity contribution in [2.45, 2.75) is 13.0 Å². The molecule has 1 N–H and O–H groups in total. The summed E-state index contributed by atoms with van der Waals surface area (Å²) in [5.41, 5.74) is 1.03. The predicted molar refractivity (Wildman–Crippen MR) is 71.7 cm³/mol. The van der Waals surface area contributed by atoms with E-state index in [0.717, 1.165) is 24.3 Å². The highest BCUT2D eigenvalue weighted by atomic mass is 35.5. The summed E-state index contributed by atoms with van der Waals surface area (Å²) >= 11 is 11.8. The van der Waals surface area contributed by atoms with Crippen LogP contribution >= 0.6 is 23.2 Å². The fraction of sp³-hybridized carbons (Fsp3) is 0.455. The van der Waals surface area contributed by atoms with E-state index in [9.17, 15) is 4.21 Å². The van der Waals surface area contributed by atoms with Crippen molar-refractivity contribution in [3.05, 3.63) is 33.8 Å². The van der Waals surface area contributed by atoms with Gasteiger partial charge in [-0.2, -0.15) is 0 Å². The van der Waals surface area contributed by atoms with Gasteiger partial charge in [0.25, 0.3) is 0 Å². The van der Waals surface area contributed by atoms with E-state index < -0.39 is 10.8 Å². The third kappa shape index (κ3) is 5.30. The van der Waals surface area contributed by atoms with E-state index in [2.05, 4.69) is 5.32 Å². The average Bonchev–Trinajstić information content (AvgIpc) is 2.20. The maximum Gasteiger partial charge on any atom is 0.0465 e. The normalized spacial score (nSPS) is 12.7. The van der Waals surface area contributed by atoms with Gasteiger partial charge in [0.05, 0.1) is 0 Å². The Balaban J connectivity index is 2.29. The van der Waals surface area contributed by atoms with Crippen LogP contribution in [0.25, 0.3) is 0 Å². The molecule has 1 unspecified atom stereocenters. The highest BCUT2D eigenvalue weighted by molar-refractivity contribution is 7.84. The van der Waals surface area contributed by atoms with Gasteiger partial charge in [-0.25, -0.2) is 0 Å². The largest absolute Gasteiger partial charge is 0.313 e. The minimum Gasteiger partial charge on any atom is -0.313 e. The van der Waals surface area contributed by atoms with E-state index in [-0.39, 0.29) is 0 Å². The molecule has 1 aromatic rings. The van der Waals surface area contributed by atoms with E-state index in [1.165, 1.54) is 0 Å². The van der Waals surface area contributed by atoms with Crippen molar-refractivity contribution in [1.82, 2.24) is 5.32 Å². The van der Waals surface area contributed by atoms with Gasteiger partial charge in [-0.15, -0.1) is 0 Å². The smallest absolute Gasteiger partial charge is 0.0465 e. The molecule has 0 bridgehead atoms. The van der Waals surface area contributed by atoms with Crippen molar-refractivity contribution in [3.63, 3.8) is 0 Å². The van der Waals surface area contributed by atoms with Crippen LogP contribution in [0.15, 0.2) is 18.2 Å². The summed E-state index contributed by atoms with van der Waals surface area (Å²) in [6.07, 6.45) is 2.63. The summed E-state index contributed by atoms with van der Waals surface area (Å²) in [5.74, 6) is 0.737. The van der Waals surface area contributed by atoms with Crippen LogP contribution in [0.5, 0.6) is 0 Å². The number of benzene rings is 1. The van der Waals surface area contributed by atoms with Gasteiger partial charge < -0.3 is 5.32 Å². The topological polar surface area (TPSA) is 29.1 Å². The first-order chi connectivity index (χ1) is 7.59. The molecule has 0 radical (unpaired) electrons. The highest BCUT2D eigenvalue weighted by Gasteiger charge is 2.00. The van der Waals surface area contributed by atoms with Crippen LogP contribution in [0.4, 0.5) is 0 Å². The van der Waals surface area contributed by atoms with Crippen LogP contribution in [0.1, 0.15) is 12.0 Å². The van der Waals surface area contributed by atoms with Gasteiger partial charge in [-0.1, -0.05) is 29.3 Å². The summed E-state index contributed by atoms with van der Waals surface area (Å²) in [6.45, 7) is 1.56. The predicted octanol–water partition coefficient (Wildman–Crippen LogP) is 2.85. The molecule has 0 aliphatic rings. The molecule has 16 heavy (non-hydrogen) atoms. The zero-order valence-electron chi connectivity index (χ0n) is 9.13. The zero-order chi connectivity index (χ0) is 12.0. The van der Waals surface area contributed by atoms with Gasteiger partial charge in [-0.05, 0) is 30.7 Å². The maximum absolute atomic E-state index is 10.8. The van der Waals surface area contributed by atoms with E-state index in [1.807, 2.05) is 12.1 Å². The molecule has 1 atom stereocenters. The molecule has 0 aliphatic heterocycles. The zero-order valence-corrected chi connectivity index (χ0v) is 11.5. The summed E-state index contributed by atoms with van der Waals surface area (Å²) < 4.78 is 10.8. The van der Waals surface area contributed by atoms with Gasteiger partial charge in [0, 0.05) is 39.4 Å². The minimum absolute atomic E-state index is 0.648. The number of nitrogens with one attached hydrogen (secondary N) is 1. The third-order valence-corrected chi connectivity index (χ3v) is 3.57. The van der Waals surface area contributed by atoms with Crippen LogP contribution < -0.4 is 5.32 Å². The van der Waals surface area contributed by atoms with Crippen molar-refractivity contribution in [2.75, 3.05) is 18.6 Å². The molecule has 0 saturated heterocycles. The standard InChI is InChI=1S/C11H15Cl2NOS/c1-16(15)6-2-5-14-8-9-3-4-10(12)7-11(9)13/h3-4,7,14H,2,5-6,8H2,1H3. The Bertz CT molecular complexity index is 371. The summed E-state index contributed by atoms with van der Waals surface area (Å²) in [5, 5.41) is 4.58. The van der Waals surface area contributed by atoms with Gasteiger partial charge in [0.1, 0.15) is 0 Å². The fourth-order valence-corrected chi connectivity index (χ4v) is 2.31. The number of halogens is 2. The first-order valence-electron chi connectivity index (χ1n) is 5.04. The van der Waals surface area contributed by atoms with Crippen LogP contribution in [0.3, 0.4) is 0 Å². The lowest BCUT2D eigenvalue weighted by Gasteiger charge is -2.06. The lowest BCUT2D eigenvalue weighted by molar-refractivity contribution is 0.662. The lowest BCUT2D eigenvalue weighted by Crippen LogP contribution is -2.16. The molecule has 0 aromatic heterocycles. The summed E-state index contributed by atoms with van der Waals surface area (Å²) in [4.78, 5) is 0. The Labute approximate surface area is 109 Å². The molecule has 0 amide bonds. The molecule has 1 aromatic carbocycles. The van der Waals surface area contributed by atoms with E-state index in [0.29, 0.717) is 16.6 Å². The average molecular weight is 280 g/mol. The van der Waals surface area contributed by atoms with Gasteiger partial charge >= 0.3 is 0 Å². The second-order valence-corrected chi connectivity index (χ2v) is 5.94. The second-order valence-electron chi connectivity index (χ2n) is 3.54. The lowest BCUT2D eigenvalue weighted by atomic mass is 10.2. The molecular weight excluding hydrogens is 265 g/mol. The van der Waals surface area contributed by atoms with Crippen LogP contribution in [0.2, 0.25) is 10.0 Å². The fourth-order valence-electron chi connectivity index (χ4n) is 1.29. The van der Waals surface area contributed by atoms with Crippen molar-refractivity contribution < 1.29 is 4.21 Å². The molecular formula is C11H15Cl2NOS. The van der Waals surface area contributed by atoms with Crippen LogP contribution in [-0.2, 0) is 17.3 Å². The van der Waals surface area contributed by atoms with Crippen LogP contribution in [0, 0.1) is 0 Å². The first kappa shape index (κ1) is 14.0. The summed E-state index contributed by atoms with van der Waals surface area (Å²) in [7, 11) is -0.705. The molecule has 2 nitrogen and oxygen atoms in total. The van der Waals surface area contributed by atoms with Gasteiger partial charge in [0.2, 0.25) is 0 Å². The van der Waals surface area contributed by atoms with E-state index in [1.54, 1.807) is 12.3 Å². The van der Waals surface area contributed by atoms with Crippen LogP contribution in [-0.4, -0.2) is 22.8 Å². The molecule has 0 saturated carbocycles. The number of rotatable bonds is 6. The first-order valence-corrected chi connectivity index (χ1v) is 7.52. The molecule has 0 heterocycles. The van der Waals surface area contributed by atoms with E-state index in [4.69, 9.17) is 23.2 Å². The minimum atomic E-state index is -0.705. The summed E-state index contributed by atoms with van der Waals surface area (Å²) in [6, 6.07) is 5.47. The van der Waals surface area contributed by atoms with Crippen molar-refractivity contribution in [3.8, 4) is 0 Å². The third-order valence-electron chi connectivity index (χ3n) is 2.12. The molecule has 1 rings (SSSR count). The Morgan fingerprint density at radius 3 is 2.75 bits per heavy atom. The van der Waals surface area contributed by atoms with Gasteiger partial charge in [-0.3, -0.25) is 4.21 Å². The van der Waals surface area contributed by atoms with Crippen molar-refractivity contribution in [1.29, 1.82) is 0 Å². The van der Waals surface area contributed by atoms with Crippen molar-refractivity contribution in [2.24, 2.45) is 0 Å². The molecule has 0 spiro atoms. The van der Waals surface area contributed by atoms with E-state index >= 15 is 0 Å². The second kappa shape index (κ2) is 7.28. The van der Waals surface area contributed by atoms with Gasteiger partial charge in [0.15, 0.2) is 0 Å². The quantitative estimate of drug-likeness (QED) is 0.812. The Hall–Kier alpha value is -0.0900.